The van der Waals surface area contributed by atoms with Gasteiger partial charge >= 0.3 is 6.18 Å². The van der Waals surface area contributed by atoms with Crippen LogP contribution in [0.15, 0.2) is 83.5 Å². The predicted octanol–water partition coefficient (Wildman–Crippen LogP) is 7.21. The summed E-state index contributed by atoms with van der Waals surface area (Å²) in [5, 5.41) is 16.3. The van der Waals surface area contributed by atoms with E-state index in [4.69, 9.17) is 14.5 Å². The monoisotopic (exact) mass is 623 g/mol. The smallest absolute Gasteiger partial charge is 0.416 e. The van der Waals surface area contributed by atoms with E-state index in [0.717, 1.165) is 49.8 Å². The topological polar surface area (TPSA) is 69.4 Å². The Morgan fingerprint density at radius 3 is 2.54 bits per heavy atom. The molecule has 210 valence electrons. The van der Waals surface area contributed by atoms with Crippen LogP contribution < -0.4 is 4.74 Å². The number of aliphatic hydroxyl groups is 1. The van der Waals surface area contributed by atoms with Crippen molar-refractivity contribution in [2.45, 2.75) is 31.3 Å². The first-order valence-corrected chi connectivity index (χ1v) is 13.7. The van der Waals surface area contributed by atoms with E-state index in [1.165, 1.54) is 12.1 Å². The molecule has 0 spiro atoms. The quantitative estimate of drug-likeness (QED) is 0.207. The summed E-state index contributed by atoms with van der Waals surface area (Å²) in [5.74, 6) is 0.455. The summed E-state index contributed by atoms with van der Waals surface area (Å²) in [4.78, 5) is 4.77. The standard InChI is InChI=1S/C31H25BrF3N3O3/c1-30(41-17-21(39)16-38-14-13-25(37-38)18-7-9-19(10-8-18)31(33,34)35)24-6-4-3-5-22(24)27-23-15-20(32)11-12-26(23)36-29(40-2)28(27)30/h3-15,21,39H,16-17H2,1-2H3/t21-,30?/m1/s1. The third-order valence-electron chi connectivity index (χ3n) is 7.41. The van der Waals surface area contributed by atoms with Gasteiger partial charge in [-0.1, -0.05) is 52.3 Å². The van der Waals surface area contributed by atoms with Crippen LogP contribution in [0.2, 0.25) is 0 Å². The van der Waals surface area contributed by atoms with E-state index in [2.05, 4.69) is 21.0 Å². The van der Waals surface area contributed by atoms with Gasteiger partial charge in [0.1, 0.15) is 5.60 Å². The zero-order valence-corrected chi connectivity index (χ0v) is 23.7. The molecule has 1 aliphatic carbocycles. The third-order valence-corrected chi connectivity index (χ3v) is 7.90. The maximum atomic E-state index is 12.9. The van der Waals surface area contributed by atoms with Crippen molar-refractivity contribution in [1.82, 2.24) is 14.8 Å². The fraction of sp³-hybridized carbons (Fsp3) is 0.226. The van der Waals surface area contributed by atoms with Crippen LogP contribution in [-0.2, 0) is 23.1 Å². The number of hydrogen-bond donors (Lipinski definition) is 1. The SMILES string of the molecule is COc1nc2ccc(Br)cc2c2c1C(C)(OC[C@H](O)Cn1ccc(-c3ccc(C(F)(F)F)cc3)n1)c1ccccc1-2. The first kappa shape index (κ1) is 27.4. The average molecular weight is 624 g/mol. The van der Waals surface area contributed by atoms with Gasteiger partial charge in [0, 0.05) is 27.2 Å². The summed E-state index contributed by atoms with van der Waals surface area (Å²) in [7, 11) is 1.58. The van der Waals surface area contributed by atoms with E-state index in [0.29, 0.717) is 17.1 Å². The summed E-state index contributed by atoms with van der Waals surface area (Å²) in [6, 6.07) is 20.4. The molecule has 0 saturated carbocycles. The van der Waals surface area contributed by atoms with Crippen LogP contribution in [0.5, 0.6) is 5.88 Å². The molecule has 1 aliphatic rings. The number of aromatic nitrogens is 3. The van der Waals surface area contributed by atoms with Crippen molar-refractivity contribution in [3.63, 3.8) is 0 Å². The number of ether oxygens (including phenoxy) is 2. The van der Waals surface area contributed by atoms with Crippen molar-refractivity contribution < 1.29 is 27.8 Å². The zero-order valence-electron chi connectivity index (χ0n) is 22.1. The van der Waals surface area contributed by atoms with Crippen LogP contribution in [0.1, 0.15) is 23.6 Å². The highest BCUT2D eigenvalue weighted by molar-refractivity contribution is 9.10. The molecule has 0 radical (unpaired) electrons. The molecule has 6 nitrogen and oxygen atoms in total. The number of nitrogens with zero attached hydrogens (tertiary/aromatic N) is 3. The lowest BCUT2D eigenvalue weighted by Gasteiger charge is -2.30. The van der Waals surface area contributed by atoms with Crippen molar-refractivity contribution >= 4 is 26.8 Å². The number of methoxy groups -OCH3 is 1. The Balaban J connectivity index is 1.25. The second-order valence-electron chi connectivity index (χ2n) is 10.1. The highest BCUT2D eigenvalue weighted by Gasteiger charge is 2.45. The minimum atomic E-state index is -4.40. The molecule has 0 fully saturated rings. The molecular formula is C31H25BrF3N3O3. The van der Waals surface area contributed by atoms with E-state index in [1.54, 1.807) is 24.1 Å². The molecule has 10 heteroatoms. The van der Waals surface area contributed by atoms with E-state index >= 15 is 0 Å². The fourth-order valence-electron chi connectivity index (χ4n) is 5.46. The zero-order chi connectivity index (χ0) is 28.9. The van der Waals surface area contributed by atoms with Crippen LogP contribution in [-0.4, -0.2) is 39.7 Å². The molecule has 5 aromatic rings. The molecule has 1 unspecified atom stereocenters. The number of rotatable bonds is 7. The second kappa shape index (κ2) is 10.3. The molecule has 41 heavy (non-hydrogen) atoms. The van der Waals surface area contributed by atoms with Crippen molar-refractivity contribution in [3.8, 4) is 28.3 Å². The van der Waals surface area contributed by atoms with Gasteiger partial charge in [0.05, 0.1) is 48.7 Å². The Morgan fingerprint density at radius 1 is 1.05 bits per heavy atom. The van der Waals surface area contributed by atoms with Crippen LogP contribution in [0.4, 0.5) is 13.2 Å². The lowest BCUT2D eigenvalue weighted by molar-refractivity contribution is -0.137. The normalized spacial score (nSPS) is 17.0. The molecule has 0 bridgehead atoms. The van der Waals surface area contributed by atoms with E-state index in [-0.39, 0.29) is 13.2 Å². The Hall–Kier alpha value is -3.73. The molecule has 2 atom stereocenters. The Labute approximate surface area is 242 Å². The van der Waals surface area contributed by atoms with Crippen molar-refractivity contribution in [2.24, 2.45) is 0 Å². The van der Waals surface area contributed by atoms with Gasteiger partial charge in [0.15, 0.2) is 0 Å². The number of benzene rings is 3. The van der Waals surface area contributed by atoms with Gasteiger partial charge < -0.3 is 14.6 Å². The largest absolute Gasteiger partial charge is 0.481 e. The highest BCUT2D eigenvalue weighted by atomic mass is 79.9. The number of halogens is 4. The Kier molecular flexibility index (Phi) is 6.88. The van der Waals surface area contributed by atoms with Crippen molar-refractivity contribution in [1.29, 1.82) is 0 Å². The molecule has 0 aliphatic heterocycles. The maximum absolute atomic E-state index is 12.9. The van der Waals surface area contributed by atoms with Gasteiger partial charge in [-0.3, -0.25) is 4.68 Å². The van der Waals surface area contributed by atoms with Gasteiger partial charge in [-0.25, -0.2) is 4.98 Å². The number of aliphatic hydroxyl groups excluding tert-OH is 1. The summed E-state index contributed by atoms with van der Waals surface area (Å²) < 4.78 is 53.4. The minimum Gasteiger partial charge on any atom is -0.481 e. The van der Waals surface area contributed by atoms with Gasteiger partial charge in [-0.05, 0) is 54.4 Å². The third kappa shape index (κ3) is 4.90. The van der Waals surface area contributed by atoms with E-state index < -0.39 is 23.4 Å². The Morgan fingerprint density at radius 2 is 1.80 bits per heavy atom. The van der Waals surface area contributed by atoms with Crippen LogP contribution in [0.25, 0.3) is 33.3 Å². The van der Waals surface area contributed by atoms with Gasteiger partial charge in [0.2, 0.25) is 5.88 Å². The highest BCUT2D eigenvalue weighted by Crippen LogP contribution is 2.55. The van der Waals surface area contributed by atoms with Crippen LogP contribution >= 0.6 is 15.9 Å². The molecular weight excluding hydrogens is 599 g/mol. The maximum Gasteiger partial charge on any atom is 0.416 e. The number of pyridine rings is 1. The lowest BCUT2D eigenvalue weighted by atomic mass is 9.93. The van der Waals surface area contributed by atoms with Gasteiger partial charge in [-0.2, -0.15) is 18.3 Å². The predicted molar refractivity (Wildman–Crippen MR) is 153 cm³/mol. The first-order valence-electron chi connectivity index (χ1n) is 12.9. The first-order chi connectivity index (χ1) is 19.6. The molecule has 3 aromatic carbocycles. The Bertz CT molecular complexity index is 1750. The van der Waals surface area contributed by atoms with Crippen LogP contribution in [0, 0.1) is 0 Å². The molecule has 2 aromatic heterocycles. The molecule has 1 N–H and O–H groups in total. The molecule has 6 rings (SSSR count). The second-order valence-corrected chi connectivity index (χ2v) is 11.0. The number of hydrogen-bond acceptors (Lipinski definition) is 5. The summed E-state index contributed by atoms with van der Waals surface area (Å²) in [6.07, 6.45) is -3.64. The number of fused-ring (bicyclic) bond motifs is 5. The molecule has 2 heterocycles. The van der Waals surface area contributed by atoms with Crippen LogP contribution in [0.3, 0.4) is 0 Å². The van der Waals surface area contributed by atoms with E-state index in [1.807, 2.05) is 49.4 Å². The van der Waals surface area contributed by atoms with Crippen molar-refractivity contribution in [2.75, 3.05) is 13.7 Å². The molecule has 0 amide bonds. The summed E-state index contributed by atoms with van der Waals surface area (Å²) in [5.41, 5.74) is 3.91. The minimum absolute atomic E-state index is 0.0145. The summed E-state index contributed by atoms with van der Waals surface area (Å²) >= 11 is 3.58. The molecule has 0 saturated heterocycles. The summed E-state index contributed by atoms with van der Waals surface area (Å²) in [6.45, 7) is 2.07. The van der Waals surface area contributed by atoms with Gasteiger partial charge in [0.25, 0.3) is 0 Å². The van der Waals surface area contributed by atoms with Gasteiger partial charge in [-0.15, -0.1) is 0 Å². The fourth-order valence-corrected chi connectivity index (χ4v) is 5.82. The average Bonchev–Trinajstić information content (AvgIpc) is 3.53. The van der Waals surface area contributed by atoms with E-state index in [9.17, 15) is 18.3 Å². The van der Waals surface area contributed by atoms with Crippen molar-refractivity contribution in [3.05, 3.63) is 100 Å². The lowest BCUT2D eigenvalue weighted by Crippen LogP contribution is -2.32. The number of alkyl halides is 3.